The third-order valence-electron chi connectivity index (χ3n) is 4.70. The molecule has 1 unspecified atom stereocenters. The van der Waals surface area contributed by atoms with Gasteiger partial charge in [-0.15, -0.1) is 0 Å². The van der Waals surface area contributed by atoms with Gasteiger partial charge >= 0.3 is 5.97 Å². The van der Waals surface area contributed by atoms with E-state index >= 15 is 0 Å². The molecule has 3 aromatic rings. The van der Waals surface area contributed by atoms with Crippen molar-refractivity contribution in [3.63, 3.8) is 0 Å². The first kappa shape index (κ1) is 16.7. The van der Waals surface area contributed by atoms with Gasteiger partial charge in [0, 0.05) is 16.3 Å². The van der Waals surface area contributed by atoms with Crippen LogP contribution in [0.25, 0.3) is 11.3 Å². The van der Waals surface area contributed by atoms with Crippen LogP contribution in [0.3, 0.4) is 0 Å². The summed E-state index contributed by atoms with van der Waals surface area (Å²) in [6.07, 6.45) is 0.738. The molecule has 0 aliphatic heterocycles. The predicted octanol–water partition coefficient (Wildman–Crippen LogP) is 5.40. The number of hydrogen-bond donors (Lipinski definition) is 2. The maximum absolute atomic E-state index is 11.0. The highest BCUT2D eigenvalue weighted by Crippen LogP contribution is 2.47. The molecule has 0 bridgehead atoms. The van der Waals surface area contributed by atoms with Gasteiger partial charge in [-0.05, 0) is 66.4 Å². The number of hydrogen-bond acceptors (Lipinski definition) is 3. The number of furan rings is 1. The summed E-state index contributed by atoms with van der Waals surface area (Å²) >= 11 is 5.91. The van der Waals surface area contributed by atoms with Gasteiger partial charge in [0.05, 0.1) is 12.5 Å². The molecule has 2 atom stereocenters. The number of carboxylic acid groups (broad SMARTS) is 1. The summed E-state index contributed by atoms with van der Waals surface area (Å²) in [6, 6.07) is 19.4. The summed E-state index contributed by atoms with van der Waals surface area (Å²) in [7, 11) is 0. The molecule has 0 saturated heterocycles. The molecule has 1 aliphatic carbocycles. The summed E-state index contributed by atoms with van der Waals surface area (Å²) in [5, 5.41) is 13.0. The Bertz CT molecular complexity index is 915. The van der Waals surface area contributed by atoms with Crippen LogP contribution in [0.4, 0.5) is 5.69 Å². The van der Waals surface area contributed by atoms with Crippen molar-refractivity contribution in [3.8, 4) is 11.3 Å². The van der Waals surface area contributed by atoms with Gasteiger partial charge in [-0.3, -0.25) is 4.79 Å². The zero-order valence-corrected chi connectivity index (χ0v) is 14.7. The van der Waals surface area contributed by atoms with Gasteiger partial charge in [0.25, 0.3) is 0 Å². The van der Waals surface area contributed by atoms with Crippen molar-refractivity contribution < 1.29 is 14.3 Å². The molecule has 0 radical (unpaired) electrons. The topological polar surface area (TPSA) is 62.5 Å². The highest BCUT2D eigenvalue weighted by Gasteiger charge is 2.43. The van der Waals surface area contributed by atoms with Crippen molar-refractivity contribution >= 4 is 23.3 Å². The summed E-state index contributed by atoms with van der Waals surface area (Å²) in [4.78, 5) is 11.0. The van der Waals surface area contributed by atoms with E-state index in [0.29, 0.717) is 11.6 Å². The molecule has 1 aliphatic rings. The van der Waals surface area contributed by atoms with Crippen LogP contribution in [-0.4, -0.2) is 11.1 Å². The maximum atomic E-state index is 11.0. The Balaban J connectivity index is 1.36. The van der Waals surface area contributed by atoms with Crippen molar-refractivity contribution in [3.05, 3.63) is 77.0 Å². The van der Waals surface area contributed by atoms with Gasteiger partial charge in [0.1, 0.15) is 11.5 Å². The second-order valence-electron chi connectivity index (χ2n) is 6.54. The molecular formula is C21H18ClNO3. The molecule has 1 fully saturated rings. The fourth-order valence-corrected chi connectivity index (χ4v) is 3.24. The Morgan fingerprint density at radius 2 is 1.81 bits per heavy atom. The molecule has 132 valence electrons. The molecule has 5 heteroatoms. The molecule has 2 N–H and O–H groups in total. The lowest BCUT2D eigenvalue weighted by atomic mass is 10.1. The summed E-state index contributed by atoms with van der Waals surface area (Å²) in [5.41, 5.74) is 3.05. The zero-order valence-electron chi connectivity index (χ0n) is 14.0. The van der Waals surface area contributed by atoms with Crippen LogP contribution in [0.2, 0.25) is 5.02 Å². The third kappa shape index (κ3) is 3.60. The molecule has 4 rings (SSSR count). The lowest BCUT2D eigenvalue weighted by molar-refractivity contribution is -0.138. The first-order valence-electron chi connectivity index (χ1n) is 8.51. The molecule has 1 heterocycles. The molecule has 1 aromatic heterocycles. The minimum absolute atomic E-state index is 0.161. The number of nitrogens with one attached hydrogen (secondary N) is 1. The fraction of sp³-hybridized carbons (Fsp3) is 0.190. The van der Waals surface area contributed by atoms with Gasteiger partial charge in [-0.25, -0.2) is 0 Å². The van der Waals surface area contributed by atoms with E-state index in [2.05, 4.69) is 5.32 Å². The van der Waals surface area contributed by atoms with Crippen LogP contribution in [0.15, 0.2) is 65.1 Å². The van der Waals surface area contributed by atoms with Crippen molar-refractivity contribution in [2.75, 3.05) is 5.32 Å². The molecule has 1 saturated carbocycles. The van der Waals surface area contributed by atoms with Crippen LogP contribution in [0.5, 0.6) is 0 Å². The highest BCUT2D eigenvalue weighted by atomic mass is 35.5. The predicted molar refractivity (Wildman–Crippen MR) is 101 cm³/mol. The summed E-state index contributed by atoms with van der Waals surface area (Å²) < 4.78 is 5.87. The van der Waals surface area contributed by atoms with Gasteiger partial charge in [-0.1, -0.05) is 23.7 Å². The first-order valence-corrected chi connectivity index (χ1v) is 8.89. The van der Waals surface area contributed by atoms with E-state index in [9.17, 15) is 4.79 Å². The number of rotatable bonds is 6. The van der Waals surface area contributed by atoms with E-state index < -0.39 is 5.97 Å². The van der Waals surface area contributed by atoms with E-state index in [1.807, 2.05) is 60.7 Å². The van der Waals surface area contributed by atoms with Crippen molar-refractivity contribution in [1.82, 2.24) is 0 Å². The summed E-state index contributed by atoms with van der Waals surface area (Å²) in [6.45, 7) is 0.577. The minimum Gasteiger partial charge on any atom is -0.481 e. The Kier molecular flexibility index (Phi) is 4.43. The van der Waals surface area contributed by atoms with Crippen LogP contribution < -0.4 is 5.32 Å². The largest absolute Gasteiger partial charge is 0.481 e. The van der Waals surface area contributed by atoms with Crippen LogP contribution in [0, 0.1) is 5.92 Å². The normalized spacial score (nSPS) is 18.5. The minimum atomic E-state index is -0.702. The van der Waals surface area contributed by atoms with E-state index in [0.717, 1.165) is 34.8 Å². The Morgan fingerprint density at radius 1 is 1.08 bits per heavy atom. The monoisotopic (exact) mass is 367 g/mol. The first-order chi connectivity index (χ1) is 12.6. The molecule has 0 spiro atoms. The highest BCUT2D eigenvalue weighted by molar-refractivity contribution is 6.30. The lowest BCUT2D eigenvalue weighted by Crippen LogP contribution is -2.00. The third-order valence-corrected chi connectivity index (χ3v) is 4.96. The maximum Gasteiger partial charge on any atom is 0.307 e. The smallest absolute Gasteiger partial charge is 0.307 e. The quantitative estimate of drug-likeness (QED) is 0.612. The van der Waals surface area contributed by atoms with Gasteiger partial charge < -0.3 is 14.8 Å². The van der Waals surface area contributed by atoms with Gasteiger partial charge in [0.15, 0.2) is 0 Å². The average molecular weight is 368 g/mol. The SMILES string of the molecule is O=C(O)[C@H]1CC1c1ccc(NCc2ccc(-c3ccc(Cl)cc3)o2)cc1. The van der Waals surface area contributed by atoms with Gasteiger partial charge in [-0.2, -0.15) is 0 Å². The molecule has 26 heavy (non-hydrogen) atoms. The van der Waals surface area contributed by atoms with E-state index in [1.165, 1.54) is 0 Å². The number of halogens is 1. The van der Waals surface area contributed by atoms with Crippen LogP contribution in [0.1, 0.15) is 23.7 Å². The van der Waals surface area contributed by atoms with Crippen molar-refractivity contribution in [2.45, 2.75) is 18.9 Å². The molecule has 4 nitrogen and oxygen atoms in total. The molecule has 0 amide bonds. The second-order valence-corrected chi connectivity index (χ2v) is 6.97. The van der Waals surface area contributed by atoms with E-state index in [4.69, 9.17) is 21.1 Å². The number of aliphatic carboxylic acids is 1. The van der Waals surface area contributed by atoms with Crippen LogP contribution >= 0.6 is 11.6 Å². The Morgan fingerprint density at radius 3 is 2.46 bits per heavy atom. The Labute approximate surface area is 156 Å². The van der Waals surface area contributed by atoms with Crippen molar-refractivity contribution in [1.29, 1.82) is 0 Å². The van der Waals surface area contributed by atoms with E-state index in [1.54, 1.807) is 0 Å². The van der Waals surface area contributed by atoms with E-state index in [-0.39, 0.29) is 11.8 Å². The number of anilines is 1. The number of carboxylic acids is 1. The number of carbonyl (C=O) groups is 1. The average Bonchev–Trinajstić information content (AvgIpc) is 3.32. The molecular weight excluding hydrogens is 350 g/mol. The molecule has 2 aromatic carbocycles. The fourth-order valence-electron chi connectivity index (χ4n) is 3.12. The lowest BCUT2D eigenvalue weighted by Gasteiger charge is -2.06. The second kappa shape index (κ2) is 6.89. The van der Waals surface area contributed by atoms with Gasteiger partial charge in [0.2, 0.25) is 0 Å². The van der Waals surface area contributed by atoms with Crippen LogP contribution in [-0.2, 0) is 11.3 Å². The standard InChI is InChI=1S/C21H18ClNO3/c22-15-5-1-14(2-6-15)20-10-9-17(26-20)12-23-16-7-3-13(4-8-16)18-11-19(18)21(24)25/h1-10,18-19,23H,11-12H2,(H,24,25)/t18?,19-/m0/s1. The number of benzene rings is 2. The van der Waals surface area contributed by atoms with Crippen molar-refractivity contribution in [2.24, 2.45) is 5.92 Å². The zero-order chi connectivity index (χ0) is 18.1. The summed E-state index contributed by atoms with van der Waals surface area (Å²) in [5.74, 6) is 0.887. The Hall–Kier alpha value is -2.72.